The molecule has 0 saturated heterocycles. The fourth-order valence-electron chi connectivity index (χ4n) is 1.23. The molecule has 0 radical (unpaired) electrons. The number of hydrogen-bond donors (Lipinski definition) is 0. The summed E-state index contributed by atoms with van der Waals surface area (Å²) in [6.45, 7) is -0.364. The Morgan fingerprint density at radius 3 is 2.35 bits per heavy atom. The Hall–Kier alpha value is -0.420. The van der Waals surface area contributed by atoms with Crippen molar-refractivity contribution in [3.05, 3.63) is 44.8 Å². The molecule has 0 atom stereocenters. The van der Waals surface area contributed by atoms with E-state index in [2.05, 4.69) is 0 Å². The smallest absolute Gasteiger partial charge is 0.211 e. The number of halogens is 3. The molecule has 0 aliphatic rings. The molecule has 0 amide bonds. The Labute approximate surface area is 137 Å². The van der Waals surface area contributed by atoms with Gasteiger partial charge in [0.15, 0.2) is 0 Å². The van der Waals surface area contributed by atoms with Gasteiger partial charge in [-0.1, -0.05) is 65.1 Å². The van der Waals surface area contributed by atoms with Crippen LogP contribution < -0.4 is 0 Å². The molecule has 0 heterocycles. The van der Waals surface area contributed by atoms with E-state index in [-0.39, 0.29) is 21.2 Å². The molecule has 0 spiro atoms. The lowest BCUT2D eigenvalue weighted by Crippen LogP contribution is -2.26. The zero-order valence-corrected chi connectivity index (χ0v) is 13.9. The quantitative estimate of drug-likeness (QED) is 0.563. The van der Waals surface area contributed by atoms with Crippen LogP contribution in [-0.4, -0.2) is 18.7 Å². The van der Waals surface area contributed by atoms with Crippen LogP contribution in [0.3, 0.4) is 0 Å². The zero-order valence-electron chi connectivity index (χ0n) is 9.96. The van der Waals surface area contributed by atoms with Crippen molar-refractivity contribution in [2.24, 2.45) is 0 Å². The van der Waals surface area contributed by atoms with Gasteiger partial charge < -0.3 is 0 Å². The van der Waals surface area contributed by atoms with Gasteiger partial charge in [-0.05, 0) is 17.5 Å². The van der Waals surface area contributed by atoms with Gasteiger partial charge in [-0.15, -0.1) is 3.71 Å². The van der Waals surface area contributed by atoms with E-state index < -0.39 is 10.0 Å². The molecule has 0 fully saturated rings. The fourth-order valence-corrected chi connectivity index (χ4v) is 4.02. The average molecular weight is 372 g/mol. The van der Waals surface area contributed by atoms with Gasteiger partial charge in [-0.3, -0.25) is 0 Å². The second kappa shape index (κ2) is 8.13. The number of rotatable bonds is 6. The molecule has 9 heteroatoms. The maximum Gasteiger partial charge on any atom is 0.228 e. The number of nitriles is 1. The highest BCUT2D eigenvalue weighted by atomic mass is 35.5. The lowest BCUT2D eigenvalue weighted by atomic mass is 10.2. The van der Waals surface area contributed by atoms with Gasteiger partial charge in [0.2, 0.25) is 10.0 Å². The highest BCUT2D eigenvalue weighted by Gasteiger charge is 2.25. The van der Waals surface area contributed by atoms with Crippen molar-refractivity contribution in [1.29, 1.82) is 5.26 Å². The first-order valence-corrected chi connectivity index (χ1v) is 8.68. The minimum Gasteiger partial charge on any atom is -0.211 e. The summed E-state index contributed by atoms with van der Waals surface area (Å²) in [4.78, 5) is 0. The second-order valence-corrected chi connectivity index (χ2v) is 8.19. The van der Waals surface area contributed by atoms with Gasteiger partial charge in [0.25, 0.3) is 0 Å². The Morgan fingerprint density at radius 2 is 1.85 bits per heavy atom. The van der Waals surface area contributed by atoms with Gasteiger partial charge in [0, 0.05) is 0 Å². The fraction of sp³-hybridized carbons (Fsp3) is 0.182. The van der Waals surface area contributed by atoms with Crippen molar-refractivity contribution in [3.63, 3.8) is 0 Å². The monoisotopic (exact) mass is 370 g/mol. The third kappa shape index (κ3) is 5.52. The Kier molecular flexibility index (Phi) is 7.17. The molecule has 1 rings (SSSR count). The van der Waals surface area contributed by atoms with Crippen molar-refractivity contribution in [2.75, 3.05) is 6.54 Å². The van der Waals surface area contributed by atoms with Crippen LogP contribution in [0.1, 0.15) is 5.56 Å². The van der Waals surface area contributed by atoms with Crippen molar-refractivity contribution >= 4 is 56.8 Å². The third-order valence-corrected chi connectivity index (χ3v) is 6.27. The molecular weight excluding hydrogens is 363 g/mol. The van der Waals surface area contributed by atoms with Crippen LogP contribution >= 0.6 is 46.8 Å². The largest absolute Gasteiger partial charge is 0.228 e. The van der Waals surface area contributed by atoms with Gasteiger partial charge in [0.05, 0.1) is 11.8 Å². The van der Waals surface area contributed by atoms with Crippen LogP contribution in [-0.2, 0) is 15.8 Å². The lowest BCUT2D eigenvalue weighted by molar-refractivity contribution is 0.556. The standard InChI is InChI=1S/C11H9Cl3N2O2S2/c12-10(13)11(14)19-16(7-6-15)20(17,18)8-9-4-2-1-3-5-9/h1-5H,7-8H2. The lowest BCUT2D eigenvalue weighted by Gasteiger charge is -2.17. The molecule has 1 aromatic rings. The summed E-state index contributed by atoms with van der Waals surface area (Å²) in [5, 5.41) is 8.72. The van der Waals surface area contributed by atoms with Crippen LogP contribution in [0.5, 0.6) is 0 Å². The SMILES string of the molecule is N#CCN(SC(Cl)=C(Cl)Cl)S(=O)(=O)Cc1ccccc1. The van der Waals surface area contributed by atoms with E-state index in [0.29, 0.717) is 17.5 Å². The minimum absolute atomic E-state index is 0.111. The first-order chi connectivity index (χ1) is 9.36. The predicted molar refractivity (Wildman–Crippen MR) is 83.6 cm³/mol. The molecule has 0 aromatic heterocycles. The van der Waals surface area contributed by atoms with E-state index in [1.165, 1.54) is 0 Å². The maximum atomic E-state index is 12.2. The van der Waals surface area contributed by atoms with E-state index in [4.69, 9.17) is 40.1 Å². The number of sulfonamides is 1. The van der Waals surface area contributed by atoms with Crippen LogP contribution in [0.25, 0.3) is 0 Å². The average Bonchev–Trinajstić information content (AvgIpc) is 2.38. The molecule has 20 heavy (non-hydrogen) atoms. The Morgan fingerprint density at radius 1 is 1.25 bits per heavy atom. The summed E-state index contributed by atoms with van der Waals surface area (Å²) in [5.74, 6) is -0.243. The number of hydrogen-bond acceptors (Lipinski definition) is 4. The highest BCUT2D eigenvalue weighted by molar-refractivity contribution is 8.11. The van der Waals surface area contributed by atoms with Crippen LogP contribution in [0.2, 0.25) is 0 Å². The van der Waals surface area contributed by atoms with E-state index in [9.17, 15) is 8.42 Å². The first-order valence-electron chi connectivity index (χ1n) is 5.17. The summed E-state index contributed by atoms with van der Waals surface area (Å²) < 4.78 is 25.0. The van der Waals surface area contributed by atoms with Crippen LogP contribution in [0.15, 0.2) is 39.2 Å². The van der Waals surface area contributed by atoms with Crippen LogP contribution in [0, 0.1) is 11.3 Å². The number of benzene rings is 1. The zero-order chi connectivity index (χ0) is 15.2. The summed E-state index contributed by atoms with van der Waals surface area (Å²) in [7, 11) is -3.73. The molecule has 1 aromatic carbocycles. The van der Waals surface area contributed by atoms with Crippen molar-refractivity contribution < 1.29 is 8.42 Å². The van der Waals surface area contributed by atoms with E-state index in [1.54, 1.807) is 36.4 Å². The molecule has 0 bridgehead atoms. The molecule has 0 N–H and O–H groups in total. The van der Waals surface area contributed by atoms with E-state index in [1.807, 2.05) is 0 Å². The third-order valence-electron chi connectivity index (χ3n) is 2.03. The topological polar surface area (TPSA) is 61.2 Å². The van der Waals surface area contributed by atoms with E-state index >= 15 is 0 Å². The normalized spacial score (nSPS) is 11.2. The van der Waals surface area contributed by atoms with Crippen molar-refractivity contribution in [3.8, 4) is 6.07 Å². The highest BCUT2D eigenvalue weighted by Crippen LogP contribution is 2.33. The van der Waals surface area contributed by atoms with Gasteiger partial charge in [-0.2, -0.15) is 5.26 Å². The van der Waals surface area contributed by atoms with Crippen molar-refractivity contribution in [2.45, 2.75) is 5.75 Å². The summed E-state index contributed by atoms with van der Waals surface area (Å²) in [5.41, 5.74) is 0.605. The molecule has 0 unspecified atom stereocenters. The van der Waals surface area contributed by atoms with Crippen LogP contribution in [0.4, 0.5) is 0 Å². The summed E-state index contributed by atoms with van der Waals surface area (Å²) in [6, 6.07) is 10.4. The molecule has 0 saturated carbocycles. The molecule has 0 aliphatic carbocycles. The van der Waals surface area contributed by atoms with E-state index in [0.717, 1.165) is 3.71 Å². The number of nitrogens with zero attached hydrogens (tertiary/aromatic N) is 2. The molecule has 108 valence electrons. The van der Waals surface area contributed by atoms with Crippen molar-refractivity contribution in [1.82, 2.24) is 3.71 Å². The van der Waals surface area contributed by atoms with Gasteiger partial charge in [-0.25, -0.2) is 8.42 Å². The molecular formula is C11H9Cl3N2O2S2. The van der Waals surface area contributed by atoms with Gasteiger partial charge in [0.1, 0.15) is 15.4 Å². The molecule has 4 nitrogen and oxygen atoms in total. The minimum atomic E-state index is -3.73. The predicted octanol–water partition coefficient (Wildman–Crippen LogP) is 3.83. The summed E-state index contributed by atoms with van der Waals surface area (Å²) in [6.07, 6.45) is 0. The Balaban J connectivity index is 2.96. The second-order valence-electron chi connectivity index (χ2n) is 3.49. The first kappa shape index (κ1) is 17.6. The Bertz CT molecular complexity index is 623. The summed E-state index contributed by atoms with van der Waals surface area (Å²) >= 11 is 17.3. The molecule has 0 aliphatic heterocycles. The maximum absolute atomic E-state index is 12.2. The van der Waals surface area contributed by atoms with Gasteiger partial charge >= 0.3 is 0 Å².